The van der Waals surface area contributed by atoms with Crippen molar-refractivity contribution in [1.82, 2.24) is 10.2 Å². The molecule has 1 N–H and O–H groups in total. The smallest absolute Gasteiger partial charge is 0.239 e. The highest BCUT2D eigenvalue weighted by molar-refractivity contribution is 5.81. The molecule has 0 radical (unpaired) electrons. The number of hydrogen-bond acceptors (Lipinski definition) is 2. The van der Waals surface area contributed by atoms with E-state index in [9.17, 15) is 4.79 Å². The zero-order valence-electron chi connectivity index (χ0n) is 10.1. The fraction of sp³-hybridized carbons (Fsp3) is 0.917. The summed E-state index contributed by atoms with van der Waals surface area (Å²) in [6.07, 6.45) is 6.00. The molecule has 0 bridgehead atoms. The van der Waals surface area contributed by atoms with Crippen LogP contribution in [0.3, 0.4) is 0 Å². The maximum Gasteiger partial charge on any atom is 0.239 e. The first kappa shape index (κ1) is 12.5. The van der Waals surface area contributed by atoms with Crippen LogP contribution in [0.4, 0.5) is 0 Å². The maximum absolute atomic E-state index is 11.9. The molecule has 0 saturated carbocycles. The summed E-state index contributed by atoms with van der Waals surface area (Å²) in [5.41, 5.74) is 0. The van der Waals surface area contributed by atoms with Crippen molar-refractivity contribution in [1.29, 1.82) is 0 Å². The molecule has 3 heteroatoms. The van der Waals surface area contributed by atoms with Crippen LogP contribution in [0.25, 0.3) is 0 Å². The predicted molar refractivity (Wildman–Crippen MR) is 62.8 cm³/mol. The maximum atomic E-state index is 11.9. The summed E-state index contributed by atoms with van der Waals surface area (Å²) in [5, 5.41) is 3.30. The zero-order chi connectivity index (χ0) is 11.1. The lowest BCUT2D eigenvalue weighted by molar-refractivity contribution is -0.131. The van der Waals surface area contributed by atoms with Crippen molar-refractivity contribution in [3.8, 4) is 0 Å². The third kappa shape index (κ3) is 4.20. The van der Waals surface area contributed by atoms with E-state index in [2.05, 4.69) is 12.2 Å². The molecule has 0 spiro atoms. The quantitative estimate of drug-likeness (QED) is 0.681. The van der Waals surface area contributed by atoms with Crippen LogP contribution < -0.4 is 5.32 Å². The van der Waals surface area contributed by atoms with Crippen molar-refractivity contribution in [3.05, 3.63) is 0 Å². The van der Waals surface area contributed by atoms with E-state index in [0.29, 0.717) is 0 Å². The van der Waals surface area contributed by atoms with Gasteiger partial charge in [0.25, 0.3) is 0 Å². The molecular weight excluding hydrogens is 188 g/mol. The molecule has 0 aromatic carbocycles. The van der Waals surface area contributed by atoms with Crippen molar-refractivity contribution < 1.29 is 4.79 Å². The molecular formula is C12H24N2O. The molecule has 1 aliphatic heterocycles. The van der Waals surface area contributed by atoms with Gasteiger partial charge in [0.2, 0.25) is 5.91 Å². The minimum atomic E-state index is -0.0000406. The van der Waals surface area contributed by atoms with Gasteiger partial charge >= 0.3 is 0 Å². The Labute approximate surface area is 93.2 Å². The number of rotatable bonds is 6. The zero-order valence-corrected chi connectivity index (χ0v) is 10.1. The molecule has 3 nitrogen and oxygen atoms in total. The predicted octanol–water partition coefficient (Wildman–Crippen LogP) is 1.78. The van der Waals surface area contributed by atoms with Crippen LogP contribution in [0, 0.1) is 0 Å². The van der Waals surface area contributed by atoms with E-state index in [0.717, 1.165) is 19.6 Å². The van der Waals surface area contributed by atoms with E-state index >= 15 is 0 Å². The van der Waals surface area contributed by atoms with Gasteiger partial charge < -0.3 is 10.2 Å². The Morgan fingerprint density at radius 1 is 1.33 bits per heavy atom. The normalized spacial score (nSPS) is 18.1. The van der Waals surface area contributed by atoms with Crippen LogP contribution in [0.5, 0.6) is 0 Å². The molecule has 1 unspecified atom stereocenters. The van der Waals surface area contributed by atoms with Gasteiger partial charge in [-0.25, -0.2) is 0 Å². The van der Waals surface area contributed by atoms with Crippen LogP contribution in [-0.2, 0) is 4.79 Å². The van der Waals surface area contributed by atoms with Gasteiger partial charge in [-0.3, -0.25) is 4.79 Å². The first-order chi connectivity index (χ1) is 7.25. The molecule has 15 heavy (non-hydrogen) atoms. The molecule has 1 atom stereocenters. The van der Waals surface area contributed by atoms with Crippen LogP contribution in [0.15, 0.2) is 0 Å². The van der Waals surface area contributed by atoms with E-state index in [4.69, 9.17) is 0 Å². The largest absolute Gasteiger partial charge is 0.341 e. The molecule has 0 aromatic heterocycles. The summed E-state index contributed by atoms with van der Waals surface area (Å²) >= 11 is 0. The van der Waals surface area contributed by atoms with E-state index in [1.165, 1.54) is 32.1 Å². The van der Waals surface area contributed by atoms with Gasteiger partial charge in [0.15, 0.2) is 0 Å². The van der Waals surface area contributed by atoms with Crippen molar-refractivity contribution >= 4 is 5.91 Å². The Bertz CT molecular complexity index is 188. The summed E-state index contributed by atoms with van der Waals surface area (Å²) < 4.78 is 0. The standard InChI is InChI=1S/C12H24N2O/c1-3-4-5-8-13-11(2)12(15)14-9-6-7-10-14/h11,13H,3-10H2,1-2H3. The lowest BCUT2D eigenvalue weighted by atomic mass is 10.2. The van der Waals surface area contributed by atoms with Gasteiger partial charge in [0.1, 0.15) is 0 Å². The van der Waals surface area contributed by atoms with Gasteiger partial charge in [-0.05, 0) is 32.7 Å². The van der Waals surface area contributed by atoms with Crippen LogP contribution in [0.2, 0.25) is 0 Å². The average molecular weight is 212 g/mol. The van der Waals surface area contributed by atoms with Gasteiger partial charge in [0, 0.05) is 13.1 Å². The summed E-state index contributed by atoms with van der Waals surface area (Å²) in [7, 11) is 0. The highest BCUT2D eigenvalue weighted by Crippen LogP contribution is 2.08. The number of nitrogens with one attached hydrogen (secondary N) is 1. The molecule has 1 amide bonds. The molecule has 0 aromatic rings. The number of nitrogens with zero attached hydrogens (tertiary/aromatic N) is 1. The molecule has 1 aliphatic rings. The molecule has 1 saturated heterocycles. The number of likely N-dealkylation sites (tertiary alicyclic amines) is 1. The topological polar surface area (TPSA) is 32.3 Å². The Morgan fingerprint density at radius 3 is 2.60 bits per heavy atom. The molecule has 0 aliphatic carbocycles. The molecule has 1 fully saturated rings. The van der Waals surface area contributed by atoms with E-state index in [-0.39, 0.29) is 11.9 Å². The third-order valence-electron chi connectivity index (χ3n) is 3.02. The van der Waals surface area contributed by atoms with Crippen molar-refractivity contribution in [3.63, 3.8) is 0 Å². The fourth-order valence-electron chi connectivity index (χ4n) is 1.99. The molecule has 1 rings (SSSR count). The lowest BCUT2D eigenvalue weighted by Crippen LogP contribution is -2.43. The Hall–Kier alpha value is -0.570. The van der Waals surface area contributed by atoms with Crippen molar-refractivity contribution in [2.45, 2.75) is 52.0 Å². The summed E-state index contributed by atoms with van der Waals surface area (Å²) in [4.78, 5) is 13.9. The second-order valence-electron chi connectivity index (χ2n) is 4.42. The van der Waals surface area contributed by atoms with Crippen molar-refractivity contribution in [2.24, 2.45) is 0 Å². The number of carbonyl (C=O) groups is 1. The highest BCUT2D eigenvalue weighted by atomic mass is 16.2. The summed E-state index contributed by atoms with van der Waals surface area (Å²) in [6, 6.07) is -0.0000406. The molecule has 1 heterocycles. The van der Waals surface area contributed by atoms with Crippen molar-refractivity contribution in [2.75, 3.05) is 19.6 Å². The second kappa shape index (κ2) is 6.83. The lowest BCUT2D eigenvalue weighted by Gasteiger charge is -2.21. The summed E-state index contributed by atoms with van der Waals surface area (Å²) in [6.45, 7) is 7.06. The first-order valence-electron chi connectivity index (χ1n) is 6.28. The van der Waals surface area contributed by atoms with Crippen LogP contribution in [0.1, 0.15) is 46.0 Å². The highest BCUT2D eigenvalue weighted by Gasteiger charge is 2.22. The van der Waals surface area contributed by atoms with Gasteiger partial charge in [-0.1, -0.05) is 19.8 Å². The second-order valence-corrected chi connectivity index (χ2v) is 4.42. The number of carbonyl (C=O) groups excluding carboxylic acids is 1. The van der Waals surface area contributed by atoms with E-state index < -0.39 is 0 Å². The van der Waals surface area contributed by atoms with E-state index in [1.54, 1.807) is 0 Å². The van der Waals surface area contributed by atoms with Gasteiger partial charge in [-0.2, -0.15) is 0 Å². The minimum Gasteiger partial charge on any atom is -0.341 e. The van der Waals surface area contributed by atoms with E-state index in [1.807, 2.05) is 11.8 Å². The molecule has 88 valence electrons. The number of hydrogen-bond donors (Lipinski definition) is 1. The monoisotopic (exact) mass is 212 g/mol. The fourth-order valence-corrected chi connectivity index (χ4v) is 1.99. The SMILES string of the molecule is CCCCCNC(C)C(=O)N1CCCC1. The third-order valence-corrected chi connectivity index (χ3v) is 3.02. The minimum absolute atomic E-state index is 0.0000406. The Kier molecular flexibility index (Phi) is 5.69. The number of amides is 1. The number of unbranched alkanes of at least 4 members (excludes halogenated alkanes) is 2. The Balaban J connectivity index is 2.14. The first-order valence-corrected chi connectivity index (χ1v) is 6.28. The Morgan fingerprint density at radius 2 is 2.00 bits per heavy atom. The average Bonchev–Trinajstić information content (AvgIpc) is 2.76. The van der Waals surface area contributed by atoms with Crippen LogP contribution >= 0.6 is 0 Å². The van der Waals surface area contributed by atoms with Gasteiger partial charge in [0.05, 0.1) is 6.04 Å². The van der Waals surface area contributed by atoms with Crippen LogP contribution in [-0.4, -0.2) is 36.5 Å². The van der Waals surface area contributed by atoms with Gasteiger partial charge in [-0.15, -0.1) is 0 Å². The summed E-state index contributed by atoms with van der Waals surface area (Å²) in [5.74, 6) is 0.281.